The maximum Gasteiger partial charge on any atom is 0.131 e. The van der Waals surface area contributed by atoms with Crippen molar-refractivity contribution in [3.05, 3.63) is 48.0 Å². The molecule has 4 heteroatoms. The van der Waals surface area contributed by atoms with Crippen LogP contribution < -0.4 is 5.32 Å². The summed E-state index contributed by atoms with van der Waals surface area (Å²) in [5.41, 5.74) is 1.83. The second kappa shape index (κ2) is 4.07. The van der Waals surface area contributed by atoms with Crippen molar-refractivity contribution in [2.45, 2.75) is 0 Å². The van der Waals surface area contributed by atoms with Crippen molar-refractivity contribution >= 4 is 23.0 Å². The van der Waals surface area contributed by atoms with Gasteiger partial charge in [-0.1, -0.05) is 11.6 Å². The zero-order valence-corrected chi connectivity index (χ0v) is 8.07. The number of hydrogen-bond acceptors (Lipinski definition) is 3. The van der Waals surface area contributed by atoms with E-state index in [0.29, 0.717) is 5.15 Å². The quantitative estimate of drug-likeness (QED) is 0.767. The van der Waals surface area contributed by atoms with Crippen molar-refractivity contribution in [2.75, 3.05) is 5.32 Å². The van der Waals surface area contributed by atoms with Gasteiger partial charge >= 0.3 is 0 Å². The molecule has 0 fully saturated rings. The van der Waals surface area contributed by atoms with Crippen molar-refractivity contribution in [2.24, 2.45) is 0 Å². The van der Waals surface area contributed by atoms with Crippen LogP contribution in [0.15, 0.2) is 42.9 Å². The summed E-state index contributed by atoms with van der Waals surface area (Å²) in [6.45, 7) is 0. The maximum atomic E-state index is 5.74. The molecule has 14 heavy (non-hydrogen) atoms. The minimum Gasteiger partial charge on any atom is -0.354 e. The van der Waals surface area contributed by atoms with Crippen molar-refractivity contribution < 1.29 is 0 Å². The lowest BCUT2D eigenvalue weighted by molar-refractivity contribution is 1.30. The zero-order chi connectivity index (χ0) is 9.80. The summed E-state index contributed by atoms with van der Waals surface area (Å²) < 4.78 is 0. The summed E-state index contributed by atoms with van der Waals surface area (Å²) >= 11 is 5.74. The number of rotatable bonds is 2. The largest absolute Gasteiger partial charge is 0.354 e. The van der Waals surface area contributed by atoms with Crippen LogP contribution in [0.4, 0.5) is 11.4 Å². The van der Waals surface area contributed by atoms with Crippen LogP contribution in [0, 0.1) is 0 Å². The molecule has 2 aromatic rings. The molecule has 0 unspecified atom stereocenters. The Morgan fingerprint density at radius 2 is 2.07 bits per heavy atom. The van der Waals surface area contributed by atoms with E-state index in [1.807, 2.05) is 18.2 Å². The third-order valence-electron chi connectivity index (χ3n) is 1.68. The van der Waals surface area contributed by atoms with Crippen LogP contribution in [0.2, 0.25) is 5.15 Å². The molecule has 0 aliphatic heterocycles. The summed E-state index contributed by atoms with van der Waals surface area (Å²) in [6.07, 6.45) is 5.13. The number of hydrogen-bond donors (Lipinski definition) is 1. The Morgan fingerprint density at radius 3 is 2.79 bits per heavy atom. The molecular formula is C10H8ClN3. The first kappa shape index (κ1) is 8.97. The van der Waals surface area contributed by atoms with E-state index in [2.05, 4.69) is 15.3 Å². The van der Waals surface area contributed by atoms with Gasteiger partial charge in [0.25, 0.3) is 0 Å². The third-order valence-corrected chi connectivity index (χ3v) is 1.88. The van der Waals surface area contributed by atoms with E-state index in [4.69, 9.17) is 11.6 Å². The highest BCUT2D eigenvalue weighted by Gasteiger charge is 1.94. The molecule has 0 radical (unpaired) electrons. The van der Waals surface area contributed by atoms with Crippen molar-refractivity contribution in [1.82, 2.24) is 9.97 Å². The monoisotopic (exact) mass is 205 g/mol. The number of halogens is 1. The highest BCUT2D eigenvalue weighted by Crippen LogP contribution is 2.16. The molecule has 70 valence electrons. The van der Waals surface area contributed by atoms with Crippen molar-refractivity contribution in [3.63, 3.8) is 0 Å². The fourth-order valence-electron chi connectivity index (χ4n) is 1.08. The van der Waals surface area contributed by atoms with Crippen LogP contribution in [-0.4, -0.2) is 9.97 Å². The molecule has 2 rings (SSSR count). The summed E-state index contributed by atoms with van der Waals surface area (Å²) in [5.74, 6) is 0. The smallest absolute Gasteiger partial charge is 0.131 e. The number of nitrogens with one attached hydrogen (secondary N) is 1. The molecule has 0 aliphatic carbocycles. The fourth-order valence-corrected chi connectivity index (χ4v) is 1.26. The van der Waals surface area contributed by atoms with Gasteiger partial charge in [-0.2, -0.15) is 0 Å². The second-order valence-electron chi connectivity index (χ2n) is 2.73. The molecule has 0 saturated carbocycles. The molecule has 0 aromatic carbocycles. The number of pyridine rings is 2. The van der Waals surface area contributed by atoms with Gasteiger partial charge in [0.05, 0.1) is 11.9 Å². The highest BCUT2D eigenvalue weighted by atomic mass is 35.5. The Kier molecular flexibility index (Phi) is 2.60. The van der Waals surface area contributed by atoms with Gasteiger partial charge in [0.15, 0.2) is 0 Å². The Morgan fingerprint density at radius 1 is 1.14 bits per heavy atom. The van der Waals surface area contributed by atoms with Gasteiger partial charge in [-0.3, -0.25) is 4.98 Å². The van der Waals surface area contributed by atoms with E-state index in [0.717, 1.165) is 11.4 Å². The predicted molar refractivity (Wildman–Crippen MR) is 56.8 cm³/mol. The topological polar surface area (TPSA) is 37.8 Å². The molecule has 2 heterocycles. The van der Waals surface area contributed by atoms with Crippen LogP contribution in [0.25, 0.3) is 0 Å². The van der Waals surface area contributed by atoms with E-state index in [1.165, 1.54) is 0 Å². The molecular weight excluding hydrogens is 198 g/mol. The maximum absolute atomic E-state index is 5.74. The van der Waals surface area contributed by atoms with Gasteiger partial charge in [0.1, 0.15) is 5.15 Å². The van der Waals surface area contributed by atoms with Gasteiger partial charge in [-0.15, -0.1) is 0 Å². The third kappa shape index (κ3) is 2.20. The van der Waals surface area contributed by atoms with E-state index in [9.17, 15) is 0 Å². The van der Waals surface area contributed by atoms with E-state index in [1.54, 1.807) is 24.7 Å². The van der Waals surface area contributed by atoms with E-state index in [-0.39, 0.29) is 0 Å². The molecule has 3 nitrogen and oxygen atoms in total. The lowest BCUT2D eigenvalue weighted by Crippen LogP contribution is -1.90. The average Bonchev–Trinajstić information content (AvgIpc) is 2.19. The minimum atomic E-state index is 0.471. The van der Waals surface area contributed by atoms with Crippen LogP contribution in [0.1, 0.15) is 0 Å². The van der Waals surface area contributed by atoms with Crippen molar-refractivity contribution in [1.29, 1.82) is 0 Å². The van der Waals surface area contributed by atoms with Gasteiger partial charge < -0.3 is 5.32 Å². The van der Waals surface area contributed by atoms with Crippen molar-refractivity contribution in [3.8, 4) is 0 Å². The first-order valence-corrected chi connectivity index (χ1v) is 4.51. The SMILES string of the molecule is Clc1cc(Nc2cccnc2)ccn1. The predicted octanol–water partition coefficient (Wildman–Crippen LogP) is 2.87. The lowest BCUT2D eigenvalue weighted by Gasteiger charge is -2.04. The Hall–Kier alpha value is -1.61. The molecule has 0 atom stereocenters. The highest BCUT2D eigenvalue weighted by molar-refractivity contribution is 6.29. The van der Waals surface area contributed by atoms with Crippen LogP contribution in [0.3, 0.4) is 0 Å². The van der Waals surface area contributed by atoms with Gasteiger partial charge in [-0.25, -0.2) is 4.98 Å². The summed E-state index contributed by atoms with van der Waals surface area (Å²) in [6, 6.07) is 7.40. The zero-order valence-electron chi connectivity index (χ0n) is 7.31. The van der Waals surface area contributed by atoms with E-state index < -0.39 is 0 Å². The van der Waals surface area contributed by atoms with E-state index >= 15 is 0 Å². The van der Waals surface area contributed by atoms with Crippen LogP contribution in [-0.2, 0) is 0 Å². The van der Waals surface area contributed by atoms with Gasteiger partial charge in [-0.05, 0) is 24.3 Å². The molecule has 1 N–H and O–H groups in total. The Balaban J connectivity index is 2.19. The average molecular weight is 206 g/mol. The molecule has 2 aromatic heterocycles. The lowest BCUT2D eigenvalue weighted by atomic mass is 10.3. The first-order valence-electron chi connectivity index (χ1n) is 4.13. The Bertz CT molecular complexity index is 417. The van der Waals surface area contributed by atoms with Gasteiger partial charge in [0, 0.05) is 18.1 Å². The van der Waals surface area contributed by atoms with Gasteiger partial charge in [0.2, 0.25) is 0 Å². The summed E-state index contributed by atoms with van der Waals surface area (Å²) in [4.78, 5) is 7.88. The number of nitrogens with zero attached hydrogens (tertiary/aromatic N) is 2. The van der Waals surface area contributed by atoms with Crippen LogP contribution in [0.5, 0.6) is 0 Å². The molecule has 0 aliphatic rings. The molecule has 0 bridgehead atoms. The molecule has 0 spiro atoms. The molecule has 0 amide bonds. The standard InChI is InChI=1S/C10H8ClN3/c11-10-6-8(3-5-13-10)14-9-2-1-4-12-7-9/h1-7H,(H,13,14). The summed E-state index contributed by atoms with van der Waals surface area (Å²) in [7, 11) is 0. The summed E-state index contributed by atoms with van der Waals surface area (Å²) in [5, 5.41) is 3.63. The first-order chi connectivity index (χ1) is 6.84. The van der Waals surface area contributed by atoms with Crippen LogP contribution >= 0.6 is 11.6 Å². The minimum absolute atomic E-state index is 0.471. The fraction of sp³-hybridized carbons (Fsp3) is 0. The molecule has 0 saturated heterocycles. The second-order valence-corrected chi connectivity index (χ2v) is 3.12. The number of aromatic nitrogens is 2. The normalized spacial score (nSPS) is 9.79. The number of anilines is 2. The Labute approximate surface area is 86.8 Å².